The lowest BCUT2D eigenvalue weighted by molar-refractivity contribution is 0.572. The molecule has 1 aromatic carbocycles. The Labute approximate surface area is 164 Å². The van der Waals surface area contributed by atoms with Crippen molar-refractivity contribution in [2.24, 2.45) is 0 Å². The van der Waals surface area contributed by atoms with E-state index in [2.05, 4.69) is 25.4 Å². The number of nitrogens with one attached hydrogen (secondary N) is 2. The predicted octanol–water partition coefficient (Wildman–Crippen LogP) is 3.68. The lowest BCUT2D eigenvalue weighted by Crippen LogP contribution is -2.30. The monoisotopic (exact) mass is 397 g/mol. The Balaban J connectivity index is 1.77. The van der Waals surface area contributed by atoms with Crippen LogP contribution in [-0.2, 0) is 9.84 Å². The summed E-state index contributed by atoms with van der Waals surface area (Å²) in [5.74, 6) is 1.74. The Bertz CT molecular complexity index is 1060. The number of rotatable bonds is 5. The molecule has 0 atom stereocenters. The summed E-state index contributed by atoms with van der Waals surface area (Å²) in [6, 6.07) is 13.6. The zero-order chi connectivity index (χ0) is 19.6. The van der Waals surface area contributed by atoms with Gasteiger partial charge in [-0.2, -0.15) is 5.10 Å². The van der Waals surface area contributed by atoms with Crippen LogP contribution in [-0.4, -0.2) is 36.7 Å². The van der Waals surface area contributed by atoms with E-state index in [0.717, 1.165) is 31.6 Å². The highest BCUT2D eigenvalue weighted by atomic mass is 32.2. The topological polar surface area (TPSA) is 91.0 Å². The largest absolute Gasteiger partial charge is 0.357 e. The fourth-order valence-corrected chi connectivity index (χ4v) is 4.66. The Morgan fingerprint density at radius 2 is 1.71 bits per heavy atom. The molecule has 0 amide bonds. The fourth-order valence-electron chi connectivity index (χ4n) is 3.34. The number of hydrogen-bond donors (Lipinski definition) is 2. The minimum absolute atomic E-state index is 0.226. The Morgan fingerprint density at radius 3 is 2.39 bits per heavy atom. The minimum Gasteiger partial charge on any atom is -0.357 e. The van der Waals surface area contributed by atoms with Gasteiger partial charge in [0.1, 0.15) is 11.6 Å². The van der Waals surface area contributed by atoms with E-state index in [0.29, 0.717) is 17.5 Å². The number of piperidine rings is 1. The highest BCUT2D eigenvalue weighted by molar-refractivity contribution is 7.91. The second kappa shape index (κ2) is 7.63. The van der Waals surface area contributed by atoms with Crippen molar-refractivity contribution in [2.75, 3.05) is 23.3 Å². The van der Waals surface area contributed by atoms with Gasteiger partial charge in [0, 0.05) is 30.9 Å². The lowest BCUT2D eigenvalue weighted by Gasteiger charge is -2.28. The van der Waals surface area contributed by atoms with Gasteiger partial charge >= 0.3 is 0 Å². The summed E-state index contributed by atoms with van der Waals surface area (Å²) in [6.45, 7) is 3.66. The van der Waals surface area contributed by atoms with Crippen LogP contribution in [0.3, 0.4) is 0 Å². The quantitative estimate of drug-likeness (QED) is 0.682. The van der Waals surface area contributed by atoms with E-state index in [1.54, 1.807) is 42.5 Å². The van der Waals surface area contributed by atoms with Crippen molar-refractivity contribution < 1.29 is 8.42 Å². The van der Waals surface area contributed by atoms with Crippen LogP contribution in [0.4, 0.5) is 17.5 Å². The molecule has 4 rings (SSSR count). The van der Waals surface area contributed by atoms with E-state index < -0.39 is 9.84 Å². The molecule has 0 radical (unpaired) electrons. The number of sulfone groups is 1. The van der Waals surface area contributed by atoms with Crippen LogP contribution >= 0.6 is 0 Å². The van der Waals surface area contributed by atoms with E-state index in [1.165, 1.54) is 6.42 Å². The lowest BCUT2D eigenvalue weighted by atomic mass is 10.1. The molecule has 2 N–H and O–H groups in total. The van der Waals surface area contributed by atoms with Crippen molar-refractivity contribution >= 4 is 27.3 Å². The number of aryl methyl sites for hydroxylation is 1. The molecular formula is C20H23N5O2S. The maximum atomic E-state index is 13.2. The van der Waals surface area contributed by atoms with Crippen molar-refractivity contribution in [1.82, 2.24) is 15.2 Å². The number of aromatic nitrogens is 3. The van der Waals surface area contributed by atoms with Gasteiger partial charge in [-0.25, -0.2) is 13.4 Å². The molecule has 0 aliphatic carbocycles. The molecule has 2 aromatic heterocycles. The molecule has 0 spiro atoms. The van der Waals surface area contributed by atoms with Crippen LogP contribution in [0.2, 0.25) is 0 Å². The molecule has 8 heteroatoms. The molecule has 1 aliphatic heterocycles. The second-order valence-electron chi connectivity index (χ2n) is 6.97. The van der Waals surface area contributed by atoms with Crippen LogP contribution in [0.25, 0.3) is 0 Å². The second-order valence-corrected chi connectivity index (χ2v) is 8.92. The van der Waals surface area contributed by atoms with Gasteiger partial charge in [0.25, 0.3) is 0 Å². The number of anilines is 3. The van der Waals surface area contributed by atoms with Crippen LogP contribution in [0, 0.1) is 6.92 Å². The van der Waals surface area contributed by atoms with Crippen molar-refractivity contribution in [1.29, 1.82) is 0 Å². The zero-order valence-electron chi connectivity index (χ0n) is 15.7. The van der Waals surface area contributed by atoms with Gasteiger partial charge in [-0.15, -0.1) is 0 Å². The van der Waals surface area contributed by atoms with Crippen LogP contribution in [0.1, 0.15) is 25.0 Å². The minimum atomic E-state index is -3.64. The summed E-state index contributed by atoms with van der Waals surface area (Å²) in [4.78, 5) is 7.31. The summed E-state index contributed by atoms with van der Waals surface area (Å²) < 4.78 is 26.4. The molecular weight excluding hydrogens is 374 g/mol. The summed E-state index contributed by atoms with van der Waals surface area (Å²) in [7, 11) is -3.64. The van der Waals surface area contributed by atoms with Gasteiger partial charge in [0.2, 0.25) is 9.84 Å². The smallest absolute Gasteiger partial charge is 0.206 e. The molecule has 7 nitrogen and oxygen atoms in total. The molecule has 3 aromatic rings. The molecule has 0 bridgehead atoms. The summed E-state index contributed by atoms with van der Waals surface area (Å²) in [5, 5.41) is 10.2. The van der Waals surface area contributed by atoms with Gasteiger partial charge in [-0.05, 0) is 44.4 Å². The van der Waals surface area contributed by atoms with Gasteiger partial charge in [-0.1, -0.05) is 18.2 Å². The average Bonchev–Trinajstić information content (AvgIpc) is 3.13. The molecule has 1 saturated heterocycles. The van der Waals surface area contributed by atoms with Crippen molar-refractivity contribution in [3.05, 3.63) is 54.2 Å². The summed E-state index contributed by atoms with van der Waals surface area (Å²) in [6.07, 6.45) is 3.35. The number of pyridine rings is 1. The third-order valence-electron chi connectivity index (χ3n) is 4.79. The first-order valence-corrected chi connectivity index (χ1v) is 10.9. The van der Waals surface area contributed by atoms with Crippen molar-refractivity contribution in [2.45, 2.75) is 36.0 Å². The van der Waals surface area contributed by atoms with Gasteiger partial charge < -0.3 is 10.2 Å². The van der Waals surface area contributed by atoms with Crippen molar-refractivity contribution in [3.8, 4) is 0 Å². The molecule has 1 fully saturated rings. The van der Waals surface area contributed by atoms with Crippen LogP contribution in [0.5, 0.6) is 0 Å². The normalized spacial score (nSPS) is 14.8. The third kappa shape index (κ3) is 3.87. The Hall–Kier alpha value is -2.87. The average molecular weight is 398 g/mol. The van der Waals surface area contributed by atoms with Crippen LogP contribution in [0.15, 0.2) is 58.3 Å². The molecule has 1 aliphatic rings. The highest BCUT2D eigenvalue weighted by Gasteiger charge is 2.22. The summed E-state index contributed by atoms with van der Waals surface area (Å²) >= 11 is 0. The van der Waals surface area contributed by atoms with Crippen molar-refractivity contribution in [3.63, 3.8) is 0 Å². The molecule has 146 valence electrons. The SMILES string of the molecule is Cc1cc(Nc2cc(S(=O)(=O)c3ccccc3)cc(N3CCCCC3)n2)n[nH]1. The number of nitrogens with zero attached hydrogens (tertiary/aromatic N) is 3. The van der Waals surface area contributed by atoms with E-state index in [4.69, 9.17) is 0 Å². The Kier molecular flexibility index (Phi) is 5.04. The number of H-pyrrole nitrogens is 1. The first kappa shape index (κ1) is 18.5. The molecule has 0 saturated carbocycles. The maximum absolute atomic E-state index is 13.2. The standard InChI is InChI=1S/C20H23N5O2S/c1-15-12-19(24-23-15)21-18-13-17(28(26,27)16-8-4-2-5-9-16)14-20(22-18)25-10-6-3-7-11-25/h2,4-5,8-9,12-14H,3,6-7,10-11H2,1H3,(H2,21,22,23,24). The number of aromatic amines is 1. The first-order valence-electron chi connectivity index (χ1n) is 9.38. The molecule has 3 heterocycles. The third-order valence-corrected chi connectivity index (χ3v) is 6.54. The zero-order valence-corrected chi connectivity index (χ0v) is 16.5. The van der Waals surface area contributed by atoms with E-state index in [-0.39, 0.29) is 9.79 Å². The summed E-state index contributed by atoms with van der Waals surface area (Å²) in [5.41, 5.74) is 0.909. The number of benzene rings is 1. The van der Waals surface area contributed by atoms with Gasteiger partial charge in [-0.3, -0.25) is 5.10 Å². The Morgan fingerprint density at radius 1 is 0.964 bits per heavy atom. The van der Waals surface area contributed by atoms with Gasteiger partial charge in [0.05, 0.1) is 9.79 Å². The maximum Gasteiger partial charge on any atom is 0.206 e. The highest BCUT2D eigenvalue weighted by Crippen LogP contribution is 2.29. The molecule has 0 unspecified atom stereocenters. The first-order chi connectivity index (χ1) is 13.5. The van der Waals surface area contributed by atoms with E-state index in [1.807, 2.05) is 13.0 Å². The molecule has 28 heavy (non-hydrogen) atoms. The number of hydrogen-bond acceptors (Lipinski definition) is 6. The van der Waals surface area contributed by atoms with E-state index in [9.17, 15) is 8.42 Å². The van der Waals surface area contributed by atoms with E-state index >= 15 is 0 Å². The fraction of sp³-hybridized carbons (Fsp3) is 0.300. The van der Waals surface area contributed by atoms with Gasteiger partial charge in [0.15, 0.2) is 5.82 Å². The van der Waals surface area contributed by atoms with Crippen LogP contribution < -0.4 is 10.2 Å². The predicted molar refractivity (Wildman–Crippen MR) is 109 cm³/mol.